The largest absolute Gasteiger partial charge is 0.490 e. The molecule has 19 heavy (non-hydrogen) atoms. The predicted molar refractivity (Wildman–Crippen MR) is 74.3 cm³/mol. The first-order valence-corrected chi connectivity index (χ1v) is 6.82. The SMILES string of the molecule is COC(=O)c1cccc(N)c1OCC1CCCCC1. The van der Waals surface area contributed by atoms with Crippen molar-refractivity contribution in [1.82, 2.24) is 0 Å². The second kappa shape index (κ2) is 6.45. The molecule has 104 valence electrons. The maximum Gasteiger partial charge on any atom is 0.341 e. The fraction of sp³-hybridized carbons (Fsp3) is 0.533. The number of carbonyl (C=O) groups excluding carboxylic acids is 1. The van der Waals surface area contributed by atoms with Gasteiger partial charge in [0.05, 0.1) is 19.4 Å². The van der Waals surface area contributed by atoms with Crippen molar-refractivity contribution < 1.29 is 14.3 Å². The lowest BCUT2D eigenvalue weighted by molar-refractivity contribution is 0.0594. The molecule has 0 atom stereocenters. The molecule has 0 unspecified atom stereocenters. The Balaban J connectivity index is 2.07. The van der Waals surface area contributed by atoms with E-state index in [2.05, 4.69) is 0 Å². The molecule has 4 heteroatoms. The summed E-state index contributed by atoms with van der Waals surface area (Å²) < 4.78 is 10.6. The third-order valence-corrected chi connectivity index (χ3v) is 3.64. The molecule has 4 nitrogen and oxygen atoms in total. The average Bonchev–Trinajstić information content (AvgIpc) is 2.46. The van der Waals surface area contributed by atoms with Gasteiger partial charge in [-0.05, 0) is 30.9 Å². The average molecular weight is 263 g/mol. The summed E-state index contributed by atoms with van der Waals surface area (Å²) in [5.41, 5.74) is 6.78. The Morgan fingerprint density at radius 1 is 1.32 bits per heavy atom. The van der Waals surface area contributed by atoms with E-state index in [4.69, 9.17) is 15.2 Å². The number of ether oxygens (including phenoxy) is 2. The van der Waals surface area contributed by atoms with Gasteiger partial charge in [0.2, 0.25) is 0 Å². The van der Waals surface area contributed by atoms with E-state index in [1.165, 1.54) is 39.2 Å². The molecule has 1 fully saturated rings. The maximum absolute atomic E-state index is 11.7. The fourth-order valence-corrected chi connectivity index (χ4v) is 2.54. The summed E-state index contributed by atoms with van der Waals surface area (Å²) in [6, 6.07) is 5.15. The zero-order valence-electron chi connectivity index (χ0n) is 11.4. The van der Waals surface area contributed by atoms with Crippen molar-refractivity contribution in [2.45, 2.75) is 32.1 Å². The highest BCUT2D eigenvalue weighted by Crippen LogP contribution is 2.30. The molecule has 1 aromatic carbocycles. The minimum atomic E-state index is -0.411. The summed E-state index contributed by atoms with van der Waals surface area (Å²) in [6.07, 6.45) is 6.24. The van der Waals surface area contributed by atoms with Gasteiger partial charge in [0.1, 0.15) is 5.56 Å². The van der Waals surface area contributed by atoms with Gasteiger partial charge in [-0.15, -0.1) is 0 Å². The zero-order chi connectivity index (χ0) is 13.7. The maximum atomic E-state index is 11.7. The van der Waals surface area contributed by atoms with E-state index < -0.39 is 5.97 Å². The molecule has 0 bridgehead atoms. The molecule has 0 heterocycles. The monoisotopic (exact) mass is 263 g/mol. The first-order valence-electron chi connectivity index (χ1n) is 6.82. The van der Waals surface area contributed by atoms with Crippen molar-refractivity contribution in [2.24, 2.45) is 5.92 Å². The van der Waals surface area contributed by atoms with Crippen LogP contribution in [0.5, 0.6) is 5.75 Å². The molecule has 0 spiro atoms. The van der Waals surface area contributed by atoms with Gasteiger partial charge < -0.3 is 15.2 Å². The molecular formula is C15H21NO3. The van der Waals surface area contributed by atoms with Gasteiger partial charge in [-0.1, -0.05) is 25.3 Å². The molecule has 1 aliphatic carbocycles. The Morgan fingerprint density at radius 2 is 2.05 bits per heavy atom. The van der Waals surface area contributed by atoms with Crippen LogP contribution >= 0.6 is 0 Å². The Kier molecular flexibility index (Phi) is 4.66. The summed E-state index contributed by atoms with van der Waals surface area (Å²) in [6.45, 7) is 0.623. The van der Waals surface area contributed by atoms with Crippen LogP contribution in [0.1, 0.15) is 42.5 Å². The van der Waals surface area contributed by atoms with Gasteiger partial charge in [0.25, 0.3) is 0 Å². The van der Waals surface area contributed by atoms with E-state index >= 15 is 0 Å². The molecule has 0 aromatic heterocycles. The van der Waals surface area contributed by atoms with Crippen LogP contribution in [0.25, 0.3) is 0 Å². The Labute approximate surface area is 113 Å². The molecule has 0 radical (unpaired) electrons. The standard InChI is InChI=1S/C15H21NO3/c1-18-15(17)12-8-5-9-13(16)14(12)19-10-11-6-3-2-4-7-11/h5,8-9,11H,2-4,6-7,10,16H2,1H3. The smallest absolute Gasteiger partial charge is 0.341 e. The first-order chi connectivity index (χ1) is 9.22. The van der Waals surface area contributed by atoms with E-state index in [0.717, 1.165) is 0 Å². The Morgan fingerprint density at radius 3 is 2.74 bits per heavy atom. The number of anilines is 1. The molecular weight excluding hydrogens is 242 g/mol. The minimum absolute atomic E-state index is 0.401. The number of nitrogen functional groups attached to an aromatic ring is 1. The van der Waals surface area contributed by atoms with Crippen LogP contribution in [-0.2, 0) is 4.74 Å². The lowest BCUT2D eigenvalue weighted by Gasteiger charge is -2.22. The number of hydrogen-bond donors (Lipinski definition) is 1. The number of methoxy groups -OCH3 is 1. The molecule has 1 aromatic rings. The van der Waals surface area contributed by atoms with Crippen LogP contribution in [0.15, 0.2) is 18.2 Å². The van der Waals surface area contributed by atoms with Gasteiger partial charge in [0, 0.05) is 0 Å². The molecule has 0 aliphatic heterocycles. The molecule has 0 saturated heterocycles. The summed E-state index contributed by atoms with van der Waals surface area (Å²) in [5, 5.41) is 0. The number of para-hydroxylation sites is 1. The first kappa shape index (κ1) is 13.7. The van der Waals surface area contributed by atoms with Crippen molar-refractivity contribution in [1.29, 1.82) is 0 Å². The minimum Gasteiger partial charge on any atom is -0.490 e. The Hall–Kier alpha value is -1.71. The van der Waals surface area contributed by atoms with Gasteiger partial charge >= 0.3 is 5.97 Å². The second-order valence-corrected chi connectivity index (χ2v) is 5.03. The van der Waals surface area contributed by atoms with Crippen molar-refractivity contribution in [3.63, 3.8) is 0 Å². The van der Waals surface area contributed by atoms with Crippen LogP contribution in [0.2, 0.25) is 0 Å². The topological polar surface area (TPSA) is 61.5 Å². The second-order valence-electron chi connectivity index (χ2n) is 5.03. The number of carbonyl (C=O) groups is 1. The van der Waals surface area contributed by atoms with Crippen LogP contribution in [0.4, 0.5) is 5.69 Å². The zero-order valence-corrected chi connectivity index (χ0v) is 11.4. The summed E-state index contributed by atoms with van der Waals surface area (Å²) in [5.74, 6) is 0.615. The quantitative estimate of drug-likeness (QED) is 0.670. The van der Waals surface area contributed by atoms with E-state index in [9.17, 15) is 4.79 Å². The van der Waals surface area contributed by atoms with Crippen LogP contribution in [0.3, 0.4) is 0 Å². The third kappa shape index (κ3) is 3.40. The third-order valence-electron chi connectivity index (χ3n) is 3.64. The highest BCUT2D eigenvalue weighted by Gasteiger charge is 2.18. The van der Waals surface area contributed by atoms with Crippen LogP contribution in [-0.4, -0.2) is 19.7 Å². The number of hydrogen-bond acceptors (Lipinski definition) is 4. The van der Waals surface area contributed by atoms with Gasteiger partial charge in [-0.25, -0.2) is 4.79 Å². The van der Waals surface area contributed by atoms with Crippen molar-refractivity contribution in [2.75, 3.05) is 19.5 Å². The Bertz CT molecular complexity index is 439. The van der Waals surface area contributed by atoms with E-state index in [1.54, 1.807) is 18.2 Å². The van der Waals surface area contributed by atoms with Crippen LogP contribution < -0.4 is 10.5 Å². The molecule has 2 N–H and O–H groups in total. The predicted octanol–water partition coefficient (Wildman–Crippen LogP) is 3.01. The van der Waals surface area contributed by atoms with Crippen LogP contribution in [0, 0.1) is 5.92 Å². The summed E-state index contributed by atoms with van der Waals surface area (Å²) >= 11 is 0. The highest BCUT2D eigenvalue weighted by atomic mass is 16.5. The number of nitrogens with two attached hydrogens (primary N) is 1. The number of rotatable bonds is 4. The summed E-state index contributed by atoms with van der Waals surface area (Å²) in [7, 11) is 1.36. The van der Waals surface area contributed by atoms with Gasteiger partial charge in [-0.2, -0.15) is 0 Å². The fourth-order valence-electron chi connectivity index (χ4n) is 2.54. The normalized spacial score (nSPS) is 16.1. The van der Waals surface area contributed by atoms with Crippen molar-refractivity contribution in [3.8, 4) is 5.75 Å². The summed E-state index contributed by atoms with van der Waals surface area (Å²) in [4.78, 5) is 11.7. The molecule has 0 amide bonds. The van der Waals surface area contributed by atoms with Gasteiger partial charge in [-0.3, -0.25) is 0 Å². The molecule has 1 saturated carbocycles. The molecule has 2 rings (SSSR count). The lowest BCUT2D eigenvalue weighted by atomic mass is 9.90. The van der Waals surface area contributed by atoms with E-state index in [1.807, 2.05) is 0 Å². The van der Waals surface area contributed by atoms with Crippen molar-refractivity contribution >= 4 is 11.7 Å². The van der Waals surface area contributed by atoms with Crippen molar-refractivity contribution in [3.05, 3.63) is 23.8 Å². The number of esters is 1. The molecule has 1 aliphatic rings. The van der Waals surface area contributed by atoms with E-state index in [0.29, 0.717) is 29.5 Å². The van der Waals surface area contributed by atoms with E-state index in [-0.39, 0.29) is 0 Å². The highest BCUT2D eigenvalue weighted by molar-refractivity contribution is 5.94. The lowest BCUT2D eigenvalue weighted by Crippen LogP contribution is -2.17. The number of benzene rings is 1. The van der Waals surface area contributed by atoms with Gasteiger partial charge in [0.15, 0.2) is 5.75 Å².